The first-order chi connectivity index (χ1) is 7.89. The molecule has 0 amide bonds. The van der Waals surface area contributed by atoms with Gasteiger partial charge >= 0.3 is 0 Å². The fraction of sp³-hybridized carbons (Fsp3) is 1.00. The van der Waals surface area contributed by atoms with Gasteiger partial charge in [-0.15, -0.1) is 0 Å². The van der Waals surface area contributed by atoms with Crippen LogP contribution in [-0.2, 0) is 18.9 Å². The van der Waals surface area contributed by atoms with Crippen LogP contribution in [0.4, 0.5) is 0 Å². The molecule has 104 valence electrons. The third kappa shape index (κ3) is 7.71. The van der Waals surface area contributed by atoms with Crippen molar-refractivity contribution in [1.82, 2.24) is 0 Å². The van der Waals surface area contributed by atoms with Crippen molar-refractivity contribution in [2.45, 2.75) is 20.8 Å². The standard InChI is InChI=1S/C13H28O4/c1-12(2,7-14-4)8-17-11-13(3,9-15-5)10-16-6/h7-11H2,1-6H3. The van der Waals surface area contributed by atoms with Crippen LogP contribution < -0.4 is 0 Å². The summed E-state index contributed by atoms with van der Waals surface area (Å²) in [5.41, 5.74) is -0.0531. The van der Waals surface area contributed by atoms with Crippen molar-refractivity contribution in [2.75, 3.05) is 54.4 Å². The smallest absolute Gasteiger partial charge is 0.0564 e. The van der Waals surface area contributed by atoms with E-state index in [0.29, 0.717) is 33.0 Å². The number of ether oxygens (including phenoxy) is 4. The lowest BCUT2D eigenvalue weighted by atomic mass is 9.93. The zero-order chi connectivity index (χ0) is 13.4. The summed E-state index contributed by atoms with van der Waals surface area (Å²) >= 11 is 0. The molecule has 0 aromatic carbocycles. The SMILES string of the molecule is COCC(C)(C)COCC(C)(COC)COC. The highest BCUT2D eigenvalue weighted by Crippen LogP contribution is 2.21. The summed E-state index contributed by atoms with van der Waals surface area (Å²) in [6.07, 6.45) is 0. The first-order valence-electron chi connectivity index (χ1n) is 5.94. The molecule has 0 saturated heterocycles. The van der Waals surface area contributed by atoms with Gasteiger partial charge in [-0.2, -0.15) is 0 Å². The summed E-state index contributed by atoms with van der Waals surface area (Å²) in [5.74, 6) is 0. The molecule has 0 saturated carbocycles. The molecule has 0 aromatic heterocycles. The van der Waals surface area contributed by atoms with E-state index in [0.717, 1.165) is 0 Å². The molecule has 0 bridgehead atoms. The van der Waals surface area contributed by atoms with Crippen LogP contribution in [0.15, 0.2) is 0 Å². The highest BCUT2D eigenvalue weighted by atomic mass is 16.5. The molecule has 0 unspecified atom stereocenters. The Morgan fingerprint density at radius 3 is 1.53 bits per heavy atom. The normalized spacial score (nSPS) is 13.1. The first-order valence-corrected chi connectivity index (χ1v) is 5.94. The largest absolute Gasteiger partial charge is 0.384 e. The quantitative estimate of drug-likeness (QED) is 0.592. The number of hydrogen-bond donors (Lipinski definition) is 0. The molecule has 0 N–H and O–H groups in total. The summed E-state index contributed by atoms with van der Waals surface area (Å²) in [6.45, 7) is 9.60. The predicted molar refractivity (Wildman–Crippen MR) is 68.3 cm³/mol. The van der Waals surface area contributed by atoms with E-state index in [1.54, 1.807) is 21.3 Å². The van der Waals surface area contributed by atoms with Crippen LogP contribution in [0.2, 0.25) is 0 Å². The first kappa shape index (κ1) is 16.8. The molecule has 0 spiro atoms. The van der Waals surface area contributed by atoms with Crippen LogP contribution >= 0.6 is 0 Å². The summed E-state index contributed by atoms with van der Waals surface area (Å²) in [4.78, 5) is 0. The topological polar surface area (TPSA) is 36.9 Å². The minimum atomic E-state index is -0.0906. The monoisotopic (exact) mass is 248 g/mol. The third-order valence-corrected chi connectivity index (χ3v) is 2.46. The highest BCUT2D eigenvalue weighted by molar-refractivity contribution is 4.74. The second-order valence-corrected chi connectivity index (χ2v) is 5.77. The second-order valence-electron chi connectivity index (χ2n) is 5.77. The lowest BCUT2D eigenvalue weighted by molar-refractivity contribution is -0.0641. The lowest BCUT2D eigenvalue weighted by Crippen LogP contribution is -2.35. The van der Waals surface area contributed by atoms with Gasteiger partial charge in [0.2, 0.25) is 0 Å². The van der Waals surface area contributed by atoms with Gasteiger partial charge in [0.25, 0.3) is 0 Å². The second kappa shape index (κ2) is 8.03. The number of rotatable bonds is 10. The van der Waals surface area contributed by atoms with Gasteiger partial charge < -0.3 is 18.9 Å². The van der Waals surface area contributed by atoms with Gasteiger partial charge in [-0.3, -0.25) is 0 Å². The van der Waals surface area contributed by atoms with Crippen molar-refractivity contribution < 1.29 is 18.9 Å². The molecule has 0 aliphatic rings. The molecule has 0 aromatic rings. The van der Waals surface area contributed by atoms with Gasteiger partial charge in [-0.1, -0.05) is 20.8 Å². The summed E-state index contributed by atoms with van der Waals surface area (Å²) < 4.78 is 21.3. The third-order valence-electron chi connectivity index (χ3n) is 2.46. The van der Waals surface area contributed by atoms with E-state index in [1.165, 1.54) is 0 Å². The van der Waals surface area contributed by atoms with Crippen molar-refractivity contribution in [2.24, 2.45) is 10.8 Å². The molecule has 0 atom stereocenters. The van der Waals surface area contributed by atoms with E-state index >= 15 is 0 Å². The maximum Gasteiger partial charge on any atom is 0.0564 e. The lowest BCUT2D eigenvalue weighted by Gasteiger charge is -2.30. The molecule has 4 heteroatoms. The van der Waals surface area contributed by atoms with Gasteiger partial charge in [0.05, 0.1) is 33.0 Å². The van der Waals surface area contributed by atoms with Crippen LogP contribution in [0.1, 0.15) is 20.8 Å². The van der Waals surface area contributed by atoms with Crippen molar-refractivity contribution in [1.29, 1.82) is 0 Å². The molecule has 17 heavy (non-hydrogen) atoms. The van der Waals surface area contributed by atoms with Crippen molar-refractivity contribution >= 4 is 0 Å². The van der Waals surface area contributed by atoms with Gasteiger partial charge in [0.1, 0.15) is 0 Å². The Balaban J connectivity index is 4.05. The Hall–Kier alpha value is -0.160. The van der Waals surface area contributed by atoms with Gasteiger partial charge in [-0.25, -0.2) is 0 Å². The fourth-order valence-electron chi connectivity index (χ4n) is 1.83. The Morgan fingerprint density at radius 2 is 1.12 bits per heavy atom. The van der Waals surface area contributed by atoms with Crippen LogP contribution in [0, 0.1) is 10.8 Å². The Morgan fingerprint density at radius 1 is 0.647 bits per heavy atom. The Bertz CT molecular complexity index is 186. The van der Waals surface area contributed by atoms with Crippen molar-refractivity contribution in [3.05, 3.63) is 0 Å². The molecular weight excluding hydrogens is 220 g/mol. The zero-order valence-corrected chi connectivity index (χ0v) is 12.2. The maximum atomic E-state index is 5.78. The van der Waals surface area contributed by atoms with Crippen LogP contribution in [0.5, 0.6) is 0 Å². The number of hydrogen-bond acceptors (Lipinski definition) is 4. The maximum absolute atomic E-state index is 5.78. The van der Waals surface area contributed by atoms with Crippen molar-refractivity contribution in [3.8, 4) is 0 Å². The van der Waals surface area contributed by atoms with Gasteiger partial charge in [-0.05, 0) is 0 Å². The van der Waals surface area contributed by atoms with E-state index in [9.17, 15) is 0 Å². The van der Waals surface area contributed by atoms with Crippen LogP contribution in [0.25, 0.3) is 0 Å². The van der Waals surface area contributed by atoms with E-state index in [2.05, 4.69) is 20.8 Å². The minimum absolute atomic E-state index is 0.0375. The van der Waals surface area contributed by atoms with E-state index in [1.807, 2.05) is 0 Å². The Kier molecular flexibility index (Phi) is 7.96. The molecule has 0 radical (unpaired) electrons. The number of methoxy groups -OCH3 is 3. The molecular formula is C13H28O4. The zero-order valence-electron chi connectivity index (χ0n) is 12.2. The highest BCUT2D eigenvalue weighted by Gasteiger charge is 2.26. The molecule has 0 rings (SSSR count). The minimum Gasteiger partial charge on any atom is -0.384 e. The predicted octanol–water partition coefficient (Wildman–Crippen LogP) is 1.97. The molecule has 0 heterocycles. The van der Waals surface area contributed by atoms with E-state index < -0.39 is 0 Å². The summed E-state index contributed by atoms with van der Waals surface area (Å²) in [6, 6.07) is 0. The Labute approximate surface area is 106 Å². The van der Waals surface area contributed by atoms with Crippen molar-refractivity contribution in [3.63, 3.8) is 0 Å². The van der Waals surface area contributed by atoms with E-state index in [-0.39, 0.29) is 10.8 Å². The average Bonchev–Trinajstić information content (AvgIpc) is 2.17. The molecule has 0 aliphatic carbocycles. The van der Waals surface area contributed by atoms with Crippen LogP contribution in [-0.4, -0.2) is 54.4 Å². The summed E-state index contributed by atoms with van der Waals surface area (Å²) in [7, 11) is 5.10. The van der Waals surface area contributed by atoms with Gasteiger partial charge in [0, 0.05) is 32.2 Å². The summed E-state index contributed by atoms with van der Waals surface area (Å²) in [5, 5.41) is 0. The van der Waals surface area contributed by atoms with Crippen LogP contribution in [0.3, 0.4) is 0 Å². The molecule has 4 nitrogen and oxygen atoms in total. The molecule has 0 fully saturated rings. The van der Waals surface area contributed by atoms with Gasteiger partial charge in [0.15, 0.2) is 0 Å². The molecule has 0 aliphatic heterocycles. The van der Waals surface area contributed by atoms with E-state index in [4.69, 9.17) is 18.9 Å². The average molecular weight is 248 g/mol. The fourth-order valence-corrected chi connectivity index (χ4v) is 1.83.